The van der Waals surface area contributed by atoms with Gasteiger partial charge in [-0.3, -0.25) is 5.43 Å². The Morgan fingerprint density at radius 3 is 2.64 bits per heavy atom. The first-order valence-corrected chi connectivity index (χ1v) is 9.71. The molecule has 0 aromatic heterocycles. The van der Waals surface area contributed by atoms with Crippen LogP contribution in [0.25, 0.3) is 0 Å². The van der Waals surface area contributed by atoms with E-state index in [9.17, 15) is 4.39 Å². The molecule has 3 aromatic carbocycles. The number of benzene rings is 3. The standard InChI is InChI=1S/C22H19FN2O2S/c1-26-20-13-17(22-25-24-21(28-22)16-7-3-2-4-8-16)10-11-19(20)27-14-15-6-5-9-18(23)12-15/h2-13,22,25H,14H2,1H3/t22-/m0/s1. The van der Waals surface area contributed by atoms with Crippen molar-refractivity contribution in [3.63, 3.8) is 0 Å². The van der Waals surface area contributed by atoms with Crippen LogP contribution >= 0.6 is 11.8 Å². The van der Waals surface area contributed by atoms with Crippen LogP contribution < -0.4 is 14.9 Å². The molecule has 0 spiro atoms. The molecule has 1 heterocycles. The average Bonchev–Trinajstić information content (AvgIpc) is 3.23. The van der Waals surface area contributed by atoms with Gasteiger partial charge in [0.1, 0.15) is 22.8 Å². The molecule has 0 fully saturated rings. The molecule has 28 heavy (non-hydrogen) atoms. The molecule has 4 rings (SSSR count). The Labute approximate surface area is 167 Å². The highest BCUT2D eigenvalue weighted by molar-refractivity contribution is 8.14. The lowest BCUT2D eigenvalue weighted by molar-refractivity contribution is 0.284. The zero-order chi connectivity index (χ0) is 19.3. The SMILES string of the molecule is COc1cc([C@H]2NN=C(c3ccccc3)S2)ccc1OCc1cccc(F)c1. The Kier molecular flexibility index (Phi) is 5.48. The van der Waals surface area contributed by atoms with Crippen molar-refractivity contribution in [3.05, 3.63) is 95.3 Å². The first kappa shape index (κ1) is 18.4. The molecule has 3 aromatic rings. The van der Waals surface area contributed by atoms with Crippen LogP contribution in [0.4, 0.5) is 4.39 Å². The van der Waals surface area contributed by atoms with E-state index in [4.69, 9.17) is 9.47 Å². The van der Waals surface area contributed by atoms with Crippen molar-refractivity contribution in [2.24, 2.45) is 5.10 Å². The van der Waals surface area contributed by atoms with Gasteiger partial charge in [0.15, 0.2) is 11.5 Å². The summed E-state index contributed by atoms with van der Waals surface area (Å²) in [4.78, 5) is 0. The van der Waals surface area contributed by atoms with E-state index in [-0.39, 0.29) is 17.8 Å². The van der Waals surface area contributed by atoms with Crippen molar-refractivity contribution in [2.45, 2.75) is 12.0 Å². The van der Waals surface area contributed by atoms with E-state index in [1.165, 1.54) is 12.1 Å². The molecular weight excluding hydrogens is 375 g/mol. The van der Waals surface area contributed by atoms with E-state index >= 15 is 0 Å². The van der Waals surface area contributed by atoms with Gasteiger partial charge in [-0.25, -0.2) is 4.39 Å². The number of thioether (sulfide) groups is 1. The van der Waals surface area contributed by atoms with Crippen LogP contribution in [-0.2, 0) is 6.61 Å². The van der Waals surface area contributed by atoms with Gasteiger partial charge in [0.25, 0.3) is 0 Å². The number of ether oxygens (including phenoxy) is 2. The summed E-state index contributed by atoms with van der Waals surface area (Å²) in [7, 11) is 1.61. The van der Waals surface area contributed by atoms with Gasteiger partial charge in [0.05, 0.1) is 7.11 Å². The second kappa shape index (κ2) is 8.35. The van der Waals surface area contributed by atoms with Gasteiger partial charge < -0.3 is 9.47 Å². The maximum absolute atomic E-state index is 13.3. The second-order valence-electron chi connectivity index (χ2n) is 6.24. The van der Waals surface area contributed by atoms with E-state index in [1.54, 1.807) is 24.9 Å². The molecule has 0 radical (unpaired) electrons. The number of nitrogens with zero attached hydrogens (tertiary/aromatic N) is 1. The van der Waals surface area contributed by atoms with E-state index < -0.39 is 0 Å². The number of methoxy groups -OCH3 is 1. The molecule has 1 aliphatic rings. The van der Waals surface area contributed by atoms with E-state index in [0.717, 1.165) is 21.7 Å². The summed E-state index contributed by atoms with van der Waals surface area (Å²) < 4.78 is 24.6. The smallest absolute Gasteiger partial charge is 0.161 e. The van der Waals surface area contributed by atoms with Crippen LogP contribution in [0.5, 0.6) is 11.5 Å². The van der Waals surface area contributed by atoms with Crippen LogP contribution in [0.1, 0.15) is 22.1 Å². The maximum atomic E-state index is 13.3. The lowest BCUT2D eigenvalue weighted by Gasteiger charge is -2.15. The quantitative estimate of drug-likeness (QED) is 0.631. The third-order valence-electron chi connectivity index (χ3n) is 4.31. The molecule has 0 amide bonds. The number of hydrogen-bond donors (Lipinski definition) is 1. The predicted molar refractivity (Wildman–Crippen MR) is 110 cm³/mol. The van der Waals surface area contributed by atoms with Crippen LogP contribution in [0.3, 0.4) is 0 Å². The normalized spacial score (nSPS) is 15.6. The number of halogens is 1. The van der Waals surface area contributed by atoms with Gasteiger partial charge in [-0.15, -0.1) is 0 Å². The molecule has 6 heteroatoms. The minimum atomic E-state index is -0.276. The minimum Gasteiger partial charge on any atom is -0.493 e. The first-order chi connectivity index (χ1) is 13.7. The summed E-state index contributed by atoms with van der Waals surface area (Å²) in [6, 6.07) is 22.2. The Bertz CT molecular complexity index is 995. The first-order valence-electron chi connectivity index (χ1n) is 8.83. The van der Waals surface area contributed by atoms with Crippen molar-refractivity contribution >= 4 is 16.8 Å². The fourth-order valence-corrected chi connectivity index (χ4v) is 3.88. The highest BCUT2D eigenvalue weighted by atomic mass is 32.2. The Balaban J connectivity index is 1.45. The highest BCUT2D eigenvalue weighted by Gasteiger charge is 2.23. The Hall–Kier alpha value is -2.99. The average molecular weight is 394 g/mol. The highest BCUT2D eigenvalue weighted by Crippen LogP contribution is 2.38. The van der Waals surface area contributed by atoms with Gasteiger partial charge in [0, 0.05) is 5.56 Å². The topological polar surface area (TPSA) is 42.8 Å². The van der Waals surface area contributed by atoms with Crippen molar-refractivity contribution in [2.75, 3.05) is 7.11 Å². The van der Waals surface area contributed by atoms with Crippen LogP contribution in [0.2, 0.25) is 0 Å². The fraction of sp³-hybridized carbons (Fsp3) is 0.136. The van der Waals surface area contributed by atoms with Crippen LogP contribution in [0, 0.1) is 5.82 Å². The molecule has 0 saturated heterocycles. The predicted octanol–water partition coefficient (Wildman–Crippen LogP) is 5.11. The molecule has 0 unspecified atom stereocenters. The summed E-state index contributed by atoms with van der Waals surface area (Å²) in [6.45, 7) is 0.269. The molecule has 0 aliphatic carbocycles. The third kappa shape index (κ3) is 4.12. The monoisotopic (exact) mass is 394 g/mol. The molecule has 142 valence electrons. The number of hydrogen-bond acceptors (Lipinski definition) is 5. The zero-order valence-corrected chi connectivity index (χ0v) is 16.1. The number of hydrazone groups is 1. The molecule has 1 N–H and O–H groups in total. The van der Waals surface area contributed by atoms with Gasteiger partial charge >= 0.3 is 0 Å². The van der Waals surface area contributed by atoms with Crippen LogP contribution in [0.15, 0.2) is 77.9 Å². The molecule has 1 atom stereocenters. The number of nitrogens with one attached hydrogen (secondary N) is 1. The largest absolute Gasteiger partial charge is 0.493 e. The molecular formula is C22H19FN2O2S. The van der Waals surface area contributed by atoms with Crippen molar-refractivity contribution in [1.82, 2.24) is 5.43 Å². The second-order valence-corrected chi connectivity index (χ2v) is 7.33. The third-order valence-corrected chi connectivity index (χ3v) is 5.47. The Morgan fingerprint density at radius 1 is 1.00 bits per heavy atom. The lowest BCUT2D eigenvalue weighted by atomic mass is 10.2. The van der Waals surface area contributed by atoms with E-state index in [1.807, 2.05) is 54.6 Å². The summed E-state index contributed by atoms with van der Waals surface area (Å²) >= 11 is 1.65. The minimum absolute atomic E-state index is 0.00127. The molecule has 0 bridgehead atoms. The number of rotatable bonds is 6. The summed E-state index contributed by atoms with van der Waals surface area (Å²) in [5, 5.41) is 5.40. The van der Waals surface area contributed by atoms with Crippen LogP contribution in [-0.4, -0.2) is 12.2 Å². The van der Waals surface area contributed by atoms with E-state index in [2.05, 4.69) is 10.5 Å². The Morgan fingerprint density at radius 2 is 1.86 bits per heavy atom. The summed E-state index contributed by atoms with van der Waals surface area (Å²) in [6.07, 6.45) is 0. The zero-order valence-electron chi connectivity index (χ0n) is 15.3. The molecule has 0 saturated carbocycles. The lowest BCUT2D eigenvalue weighted by Crippen LogP contribution is -2.07. The van der Waals surface area contributed by atoms with Crippen molar-refractivity contribution < 1.29 is 13.9 Å². The molecule has 4 nitrogen and oxygen atoms in total. The maximum Gasteiger partial charge on any atom is 0.161 e. The summed E-state index contributed by atoms with van der Waals surface area (Å²) in [5.74, 6) is 0.967. The van der Waals surface area contributed by atoms with Crippen molar-refractivity contribution in [3.8, 4) is 11.5 Å². The van der Waals surface area contributed by atoms with Gasteiger partial charge in [-0.2, -0.15) is 5.10 Å². The van der Waals surface area contributed by atoms with E-state index in [0.29, 0.717) is 11.5 Å². The van der Waals surface area contributed by atoms with Crippen molar-refractivity contribution in [1.29, 1.82) is 0 Å². The van der Waals surface area contributed by atoms with Gasteiger partial charge in [0.2, 0.25) is 0 Å². The van der Waals surface area contributed by atoms with Gasteiger partial charge in [-0.05, 0) is 35.4 Å². The summed E-state index contributed by atoms with van der Waals surface area (Å²) in [5.41, 5.74) is 6.06. The van der Waals surface area contributed by atoms with Gasteiger partial charge in [-0.1, -0.05) is 60.3 Å². The molecule has 1 aliphatic heterocycles. The fourth-order valence-electron chi connectivity index (χ4n) is 2.89.